The van der Waals surface area contributed by atoms with Gasteiger partial charge >= 0.3 is 5.97 Å². The molecule has 2 aliphatic carbocycles. The number of carbonyl (C=O) groups excluding carboxylic acids is 1. The number of amides is 1. The number of anilines is 2. The summed E-state index contributed by atoms with van der Waals surface area (Å²) in [4.78, 5) is 26.8. The van der Waals surface area contributed by atoms with Gasteiger partial charge in [0.2, 0.25) is 15.9 Å². The zero-order chi connectivity index (χ0) is 37.5. The fraction of sp³-hybridized carbons (Fsp3) is 0.297. The van der Waals surface area contributed by atoms with Gasteiger partial charge in [-0.15, -0.1) is 0 Å². The van der Waals surface area contributed by atoms with Crippen molar-refractivity contribution in [3.05, 3.63) is 122 Å². The first kappa shape index (κ1) is 37.3. The van der Waals surface area contributed by atoms with Crippen LogP contribution in [-0.4, -0.2) is 37.8 Å². The standard InChI is InChI=1S/C37H32BrF5N2O6S/c1-2-51-29-16-23(37(47)48)10-11-28(29)45(17-19-12-24(20-6-7-20)14-25(13-19)21-8-9-21)30(46)18-52(49,50)44-36-34(42)32(40)26(33(41)35(36)43)15-22-4-3-5-27(38)31(22)39/h3-5,10-14,16,20-21,44H,2,6-9,15,17-18H2,1H3,(H,47,48). The van der Waals surface area contributed by atoms with Crippen molar-refractivity contribution >= 4 is 49.2 Å². The summed E-state index contributed by atoms with van der Waals surface area (Å²) in [6.45, 7) is 1.50. The largest absolute Gasteiger partial charge is 0.492 e. The molecule has 2 aliphatic rings. The first-order valence-corrected chi connectivity index (χ1v) is 18.8. The molecule has 2 N–H and O–H groups in total. The lowest BCUT2D eigenvalue weighted by atomic mass is 9.99. The van der Waals surface area contributed by atoms with Gasteiger partial charge < -0.3 is 14.7 Å². The monoisotopic (exact) mass is 806 g/mol. The number of benzene rings is 4. The van der Waals surface area contributed by atoms with Gasteiger partial charge in [-0.1, -0.05) is 30.3 Å². The third kappa shape index (κ3) is 8.10. The second kappa shape index (κ2) is 14.9. The van der Waals surface area contributed by atoms with E-state index in [0.29, 0.717) is 17.4 Å². The third-order valence-electron chi connectivity index (χ3n) is 8.90. The fourth-order valence-electron chi connectivity index (χ4n) is 6.00. The normalized spacial score (nSPS) is 14.3. The Balaban J connectivity index is 1.33. The highest BCUT2D eigenvalue weighted by Gasteiger charge is 2.33. The number of hydrogen-bond donors (Lipinski definition) is 2. The highest BCUT2D eigenvalue weighted by molar-refractivity contribution is 9.10. The van der Waals surface area contributed by atoms with Crippen molar-refractivity contribution in [3.8, 4) is 5.75 Å². The molecule has 6 rings (SSSR count). The summed E-state index contributed by atoms with van der Waals surface area (Å²) in [6, 6.07) is 13.5. The Labute approximate surface area is 304 Å². The highest BCUT2D eigenvalue weighted by atomic mass is 79.9. The molecule has 0 saturated heterocycles. The SMILES string of the molecule is CCOc1cc(C(=O)O)ccc1N(Cc1cc(C2CC2)cc(C2CC2)c1)C(=O)CS(=O)(=O)Nc1c(F)c(F)c(Cc2cccc(Br)c2F)c(F)c1F. The lowest BCUT2D eigenvalue weighted by molar-refractivity contribution is -0.116. The summed E-state index contributed by atoms with van der Waals surface area (Å²) in [6.07, 6.45) is 3.11. The van der Waals surface area contributed by atoms with Crippen LogP contribution in [0.2, 0.25) is 0 Å². The van der Waals surface area contributed by atoms with Crippen molar-refractivity contribution in [1.82, 2.24) is 0 Å². The molecule has 52 heavy (non-hydrogen) atoms. The molecule has 0 aromatic heterocycles. The summed E-state index contributed by atoms with van der Waals surface area (Å²) >= 11 is 2.93. The molecule has 274 valence electrons. The zero-order valence-corrected chi connectivity index (χ0v) is 30.0. The van der Waals surface area contributed by atoms with Crippen LogP contribution in [-0.2, 0) is 27.8 Å². The van der Waals surface area contributed by atoms with Gasteiger partial charge in [0.1, 0.15) is 23.0 Å². The molecular formula is C37H32BrF5N2O6S. The van der Waals surface area contributed by atoms with Crippen LogP contribution >= 0.6 is 15.9 Å². The Bertz CT molecular complexity index is 2130. The lowest BCUT2D eigenvalue weighted by Crippen LogP contribution is -2.37. The predicted octanol–water partition coefficient (Wildman–Crippen LogP) is 8.56. The van der Waals surface area contributed by atoms with E-state index in [-0.39, 0.29) is 40.2 Å². The molecule has 0 bridgehead atoms. The molecule has 4 aromatic rings. The molecule has 0 aliphatic heterocycles. The van der Waals surface area contributed by atoms with Crippen LogP contribution in [0.4, 0.5) is 33.3 Å². The van der Waals surface area contributed by atoms with Crippen LogP contribution in [0.5, 0.6) is 5.75 Å². The first-order valence-electron chi connectivity index (χ1n) is 16.4. The summed E-state index contributed by atoms with van der Waals surface area (Å²) in [5.41, 5.74) is -0.489. The number of carboxylic acids is 1. The molecule has 0 unspecified atom stereocenters. The molecule has 8 nitrogen and oxygen atoms in total. The van der Waals surface area contributed by atoms with Crippen LogP contribution in [0, 0.1) is 29.1 Å². The van der Waals surface area contributed by atoms with Crippen LogP contribution in [0.15, 0.2) is 59.1 Å². The molecular weight excluding hydrogens is 775 g/mol. The van der Waals surface area contributed by atoms with Crippen molar-refractivity contribution in [2.75, 3.05) is 22.0 Å². The molecule has 0 atom stereocenters. The van der Waals surface area contributed by atoms with Crippen molar-refractivity contribution in [2.45, 2.75) is 57.4 Å². The quantitative estimate of drug-likeness (QED) is 0.0976. The van der Waals surface area contributed by atoms with E-state index in [9.17, 15) is 27.5 Å². The maximum absolute atomic E-state index is 15.2. The summed E-state index contributed by atoms with van der Waals surface area (Å²) < 4.78 is 109. The molecule has 2 fully saturated rings. The molecule has 0 spiro atoms. The highest BCUT2D eigenvalue weighted by Crippen LogP contribution is 2.46. The van der Waals surface area contributed by atoms with Gasteiger partial charge in [-0.3, -0.25) is 9.52 Å². The Hall–Kier alpha value is -4.50. The molecule has 4 aromatic carbocycles. The average molecular weight is 808 g/mol. The van der Waals surface area contributed by atoms with E-state index in [1.54, 1.807) is 6.92 Å². The molecule has 2 saturated carbocycles. The van der Waals surface area contributed by atoms with Crippen LogP contribution < -0.4 is 14.4 Å². The van der Waals surface area contributed by atoms with E-state index in [2.05, 4.69) is 22.0 Å². The maximum Gasteiger partial charge on any atom is 0.335 e. The van der Waals surface area contributed by atoms with E-state index in [1.807, 2.05) is 12.1 Å². The Morgan fingerprint density at radius 1 is 0.885 bits per heavy atom. The predicted molar refractivity (Wildman–Crippen MR) is 187 cm³/mol. The van der Waals surface area contributed by atoms with E-state index in [0.717, 1.165) is 47.8 Å². The van der Waals surface area contributed by atoms with Gasteiger partial charge in [-0.2, -0.15) is 0 Å². The van der Waals surface area contributed by atoms with Crippen LogP contribution in [0.25, 0.3) is 0 Å². The van der Waals surface area contributed by atoms with Crippen molar-refractivity contribution in [3.63, 3.8) is 0 Å². The van der Waals surface area contributed by atoms with E-state index < -0.39 is 74.4 Å². The Morgan fingerprint density at radius 3 is 2.06 bits per heavy atom. The molecule has 15 heteroatoms. The van der Waals surface area contributed by atoms with Crippen LogP contribution in [0.1, 0.15) is 82.6 Å². The third-order valence-corrected chi connectivity index (χ3v) is 10.7. The minimum atomic E-state index is -5.07. The van der Waals surface area contributed by atoms with Gasteiger partial charge in [0.05, 0.1) is 28.9 Å². The summed E-state index contributed by atoms with van der Waals surface area (Å²) in [5.74, 6) is -12.2. The smallest absolute Gasteiger partial charge is 0.335 e. The number of carboxylic acid groups (broad SMARTS) is 1. The Kier molecular flexibility index (Phi) is 10.6. The number of halogens is 6. The number of nitrogens with one attached hydrogen (secondary N) is 1. The van der Waals surface area contributed by atoms with E-state index >= 15 is 17.6 Å². The van der Waals surface area contributed by atoms with Gasteiger partial charge in [0.25, 0.3) is 0 Å². The number of nitrogens with zero attached hydrogens (tertiary/aromatic N) is 1. The van der Waals surface area contributed by atoms with Crippen molar-refractivity contribution in [2.24, 2.45) is 0 Å². The molecule has 0 heterocycles. The second-order valence-electron chi connectivity index (χ2n) is 12.8. The summed E-state index contributed by atoms with van der Waals surface area (Å²) in [5, 5.41) is 9.56. The fourth-order valence-corrected chi connectivity index (χ4v) is 7.45. The number of aromatic carboxylic acids is 1. The number of rotatable bonds is 14. The van der Waals surface area contributed by atoms with Gasteiger partial charge in [-0.25, -0.2) is 35.2 Å². The zero-order valence-electron chi connectivity index (χ0n) is 27.6. The van der Waals surface area contributed by atoms with E-state index in [4.69, 9.17) is 4.74 Å². The number of carbonyl (C=O) groups is 2. The number of hydrogen-bond acceptors (Lipinski definition) is 5. The molecule has 1 amide bonds. The molecule has 0 radical (unpaired) electrons. The topological polar surface area (TPSA) is 113 Å². The number of sulfonamides is 1. The summed E-state index contributed by atoms with van der Waals surface area (Å²) in [7, 11) is -5.07. The van der Waals surface area contributed by atoms with Gasteiger partial charge in [-0.05, 0) is 107 Å². The number of ether oxygens (including phenoxy) is 1. The lowest BCUT2D eigenvalue weighted by Gasteiger charge is -2.26. The Morgan fingerprint density at radius 2 is 1.50 bits per heavy atom. The second-order valence-corrected chi connectivity index (χ2v) is 15.4. The van der Waals surface area contributed by atoms with Crippen molar-refractivity contribution < 1.29 is 49.8 Å². The van der Waals surface area contributed by atoms with E-state index in [1.165, 1.54) is 35.1 Å². The van der Waals surface area contributed by atoms with Gasteiger partial charge in [0, 0.05) is 12.0 Å². The van der Waals surface area contributed by atoms with Crippen LogP contribution in [0.3, 0.4) is 0 Å². The minimum absolute atomic E-state index is 0.0235. The maximum atomic E-state index is 15.2. The van der Waals surface area contributed by atoms with Gasteiger partial charge in [0.15, 0.2) is 23.3 Å². The first-order chi connectivity index (χ1) is 24.7. The average Bonchev–Trinajstić information content (AvgIpc) is 4.02. The van der Waals surface area contributed by atoms with Crippen molar-refractivity contribution in [1.29, 1.82) is 0 Å². The minimum Gasteiger partial charge on any atom is -0.492 e.